The van der Waals surface area contributed by atoms with Gasteiger partial charge in [0.15, 0.2) is 6.61 Å². The number of amides is 2. The van der Waals surface area contributed by atoms with Gasteiger partial charge in [-0.05, 0) is 50.3 Å². The molecule has 9 nitrogen and oxygen atoms in total. The summed E-state index contributed by atoms with van der Waals surface area (Å²) in [6.45, 7) is 6.87. The Labute approximate surface area is 209 Å². The Morgan fingerprint density at radius 3 is 2.40 bits per heavy atom. The second-order valence-electron chi connectivity index (χ2n) is 9.69. The summed E-state index contributed by atoms with van der Waals surface area (Å²) in [4.78, 5) is 31.1. The molecule has 1 aromatic rings. The zero-order valence-corrected chi connectivity index (χ0v) is 21.0. The Bertz CT molecular complexity index is 816. The van der Waals surface area contributed by atoms with E-state index in [2.05, 4.69) is 33.7 Å². The number of carbonyl (C=O) groups is 2. The minimum absolute atomic E-state index is 0.0941. The number of rotatable bonds is 8. The van der Waals surface area contributed by atoms with Gasteiger partial charge in [-0.15, -0.1) is 0 Å². The van der Waals surface area contributed by atoms with E-state index < -0.39 is 0 Å². The minimum atomic E-state index is -0.374. The number of piperidine rings is 1. The maximum atomic E-state index is 12.6. The molecule has 2 N–H and O–H groups in total. The van der Waals surface area contributed by atoms with Gasteiger partial charge in [-0.2, -0.15) is 0 Å². The van der Waals surface area contributed by atoms with Gasteiger partial charge in [0.25, 0.3) is 5.91 Å². The molecule has 4 rings (SSSR count). The molecule has 0 bridgehead atoms. The van der Waals surface area contributed by atoms with E-state index in [0.717, 1.165) is 65.0 Å². The van der Waals surface area contributed by atoms with Crippen molar-refractivity contribution in [3.8, 4) is 0 Å². The molecule has 0 unspecified atom stereocenters. The molecule has 0 aromatic heterocycles. The minimum Gasteiger partial charge on any atom is -0.439 e. The molecule has 3 heterocycles. The zero-order chi connectivity index (χ0) is 24.5. The average Bonchev–Trinajstić information content (AvgIpc) is 2.92. The molecule has 194 valence electrons. The first-order valence-corrected chi connectivity index (χ1v) is 13.1. The van der Waals surface area contributed by atoms with Gasteiger partial charge in [-0.25, -0.2) is 4.79 Å². The van der Waals surface area contributed by atoms with Gasteiger partial charge in [0, 0.05) is 77.3 Å². The summed E-state index contributed by atoms with van der Waals surface area (Å²) in [5.41, 5.74) is 2.47. The zero-order valence-electron chi connectivity index (χ0n) is 21.0. The van der Waals surface area contributed by atoms with Crippen LogP contribution in [0, 0.1) is 0 Å². The van der Waals surface area contributed by atoms with E-state index in [1.165, 1.54) is 11.3 Å². The fraction of sp³-hybridized carbons (Fsp3) is 0.692. The third kappa shape index (κ3) is 7.32. The fourth-order valence-electron chi connectivity index (χ4n) is 5.35. The van der Waals surface area contributed by atoms with E-state index in [1.807, 2.05) is 18.0 Å². The number of nitrogens with one attached hydrogen (secondary N) is 2. The van der Waals surface area contributed by atoms with E-state index in [-0.39, 0.29) is 18.6 Å². The van der Waals surface area contributed by atoms with E-state index in [9.17, 15) is 9.59 Å². The summed E-state index contributed by atoms with van der Waals surface area (Å²) in [6.07, 6.45) is 4.52. The van der Waals surface area contributed by atoms with Crippen molar-refractivity contribution < 1.29 is 19.1 Å². The van der Waals surface area contributed by atoms with Gasteiger partial charge in [0.1, 0.15) is 0 Å². The van der Waals surface area contributed by atoms with Gasteiger partial charge in [0.2, 0.25) is 0 Å². The molecule has 0 radical (unpaired) electrons. The first-order chi connectivity index (χ1) is 17.1. The molecule has 3 aliphatic rings. The van der Waals surface area contributed by atoms with Crippen molar-refractivity contribution >= 4 is 17.7 Å². The Hall–Kier alpha value is -2.36. The van der Waals surface area contributed by atoms with Crippen LogP contribution in [-0.4, -0.2) is 111 Å². The maximum Gasteiger partial charge on any atom is 0.410 e. The molecule has 2 amide bonds. The van der Waals surface area contributed by atoms with Crippen molar-refractivity contribution in [2.24, 2.45) is 0 Å². The van der Waals surface area contributed by atoms with Gasteiger partial charge < -0.3 is 29.9 Å². The molecular weight excluding hydrogens is 446 g/mol. The largest absolute Gasteiger partial charge is 0.439 e. The summed E-state index contributed by atoms with van der Waals surface area (Å²) < 4.78 is 10.8. The van der Waals surface area contributed by atoms with Crippen molar-refractivity contribution in [2.75, 3.05) is 78.0 Å². The van der Waals surface area contributed by atoms with Crippen molar-refractivity contribution in [1.82, 2.24) is 20.0 Å². The summed E-state index contributed by atoms with van der Waals surface area (Å²) in [6, 6.07) is 9.32. The lowest BCUT2D eigenvalue weighted by atomic mass is 10.0. The normalized spacial score (nSPS) is 20.6. The molecule has 0 atom stereocenters. The third-order valence-electron chi connectivity index (χ3n) is 7.56. The lowest BCUT2D eigenvalue weighted by Crippen LogP contribution is -2.54. The number of carbonyl (C=O) groups excluding carboxylic acids is 2. The van der Waals surface area contributed by atoms with Crippen molar-refractivity contribution in [3.63, 3.8) is 0 Å². The van der Waals surface area contributed by atoms with Crippen LogP contribution in [0.15, 0.2) is 24.3 Å². The fourth-order valence-corrected chi connectivity index (χ4v) is 5.35. The molecule has 9 heteroatoms. The molecule has 3 aliphatic heterocycles. The third-order valence-corrected chi connectivity index (χ3v) is 7.56. The highest BCUT2D eigenvalue weighted by Crippen LogP contribution is 2.17. The molecule has 35 heavy (non-hydrogen) atoms. The Morgan fingerprint density at radius 2 is 1.69 bits per heavy atom. The number of hydrogen-bond acceptors (Lipinski definition) is 7. The molecule has 3 fully saturated rings. The van der Waals surface area contributed by atoms with Gasteiger partial charge >= 0.3 is 6.09 Å². The second kappa shape index (κ2) is 13.1. The number of hydrogen-bond donors (Lipinski definition) is 2. The lowest BCUT2D eigenvalue weighted by Gasteiger charge is -2.40. The van der Waals surface area contributed by atoms with Crippen molar-refractivity contribution in [3.05, 3.63) is 29.8 Å². The quantitative estimate of drug-likeness (QED) is 0.578. The number of para-hydroxylation sites is 1. The molecule has 0 saturated carbocycles. The smallest absolute Gasteiger partial charge is 0.410 e. The number of piperazine rings is 1. The van der Waals surface area contributed by atoms with Crippen LogP contribution in [0.2, 0.25) is 0 Å². The summed E-state index contributed by atoms with van der Waals surface area (Å²) in [5, 5.41) is 6.86. The molecule has 0 aliphatic carbocycles. The van der Waals surface area contributed by atoms with E-state index in [1.54, 1.807) is 4.90 Å². The van der Waals surface area contributed by atoms with Crippen LogP contribution in [0.5, 0.6) is 0 Å². The van der Waals surface area contributed by atoms with Crippen LogP contribution in [0.1, 0.15) is 31.2 Å². The highest BCUT2D eigenvalue weighted by Gasteiger charge is 2.29. The average molecular weight is 488 g/mol. The summed E-state index contributed by atoms with van der Waals surface area (Å²) in [5.74, 6) is -0.0941. The van der Waals surface area contributed by atoms with Gasteiger partial charge in [-0.3, -0.25) is 9.69 Å². The second-order valence-corrected chi connectivity index (χ2v) is 9.69. The van der Waals surface area contributed by atoms with E-state index in [0.29, 0.717) is 38.3 Å². The number of ether oxygens (including phenoxy) is 2. The Kier molecular flexibility index (Phi) is 9.62. The van der Waals surface area contributed by atoms with E-state index in [4.69, 9.17) is 9.47 Å². The van der Waals surface area contributed by atoms with Gasteiger partial charge in [-0.1, -0.05) is 18.2 Å². The van der Waals surface area contributed by atoms with Crippen LogP contribution in [0.25, 0.3) is 0 Å². The number of benzene rings is 1. The highest BCUT2D eigenvalue weighted by atomic mass is 16.6. The van der Waals surface area contributed by atoms with Crippen LogP contribution in [-0.2, 0) is 20.7 Å². The SMILES string of the molecule is CNc1ccccc1CCNC1CCN(C(=O)OCC(=O)N2CCN(C3CCOCC3)CC2)CC1. The number of nitrogens with zero attached hydrogens (tertiary/aromatic N) is 3. The molecule has 1 aromatic carbocycles. The first-order valence-electron chi connectivity index (χ1n) is 13.1. The van der Waals surface area contributed by atoms with Crippen LogP contribution < -0.4 is 10.6 Å². The van der Waals surface area contributed by atoms with Crippen molar-refractivity contribution in [1.29, 1.82) is 0 Å². The lowest BCUT2D eigenvalue weighted by molar-refractivity contribution is -0.137. The predicted molar refractivity (Wildman–Crippen MR) is 136 cm³/mol. The Morgan fingerprint density at radius 1 is 0.971 bits per heavy atom. The summed E-state index contributed by atoms with van der Waals surface area (Å²) >= 11 is 0. The van der Waals surface area contributed by atoms with Crippen LogP contribution >= 0.6 is 0 Å². The number of likely N-dealkylation sites (tertiary alicyclic amines) is 1. The molecular formula is C26H41N5O4. The van der Waals surface area contributed by atoms with Crippen LogP contribution in [0.4, 0.5) is 10.5 Å². The van der Waals surface area contributed by atoms with Crippen LogP contribution in [0.3, 0.4) is 0 Å². The maximum absolute atomic E-state index is 12.6. The standard InChI is InChI=1S/C26H41N5O4/c1-27-24-5-3-2-4-21(24)6-11-28-22-7-12-31(13-8-22)26(33)35-20-25(32)30-16-14-29(15-17-30)23-9-18-34-19-10-23/h2-5,22-23,27-28H,6-20H2,1H3. The highest BCUT2D eigenvalue weighted by molar-refractivity contribution is 5.80. The van der Waals surface area contributed by atoms with E-state index >= 15 is 0 Å². The first kappa shape index (κ1) is 25.7. The Balaban J connectivity index is 1.09. The predicted octanol–water partition coefficient (Wildman–Crippen LogP) is 1.78. The van der Waals surface area contributed by atoms with Gasteiger partial charge in [0.05, 0.1) is 0 Å². The molecule has 3 saturated heterocycles. The topological polar surface area (TPSA) is 86.4 Å². The summed E-state index contributed by atoms with van der Waals surface area (Å²) in [7, 11) is 1.95. The van der Waals surface area contributed by atoms with Crippen molar-refractivity contribution in [2.45, 2.75) is 44.2 Å². The monoisotopic (exact) mass is 487 g/mol. The molecule has 0 spiro atoms. The number of anilines is 1.